The van der Waals surface area contributed by atoms with Gasteiger partial charge in [-0.25, -0.2) is 4.98 Å². The maximum Gasteiger partial charge on any atom is 0.280 e. The first kappa shape index (κ1) is 48.2. The van der Waals surface area contributed by atoms with Gasteiger partial charge in [-0.3, -0.25) is 24.5 Å². The van der Waals surface area contributed by atoms with Crippen molar-refractivity contribution in [2.24, 2.45) is 5.92 Å². The van der Waals surface area contributed by atoms with Crippen molar-refractivity contribution >= 4 is 23.0 Å². The first-order valence-electron chi connectivity index (χ1n) is 23.1. The van der Waals surface area contributed by atoms with Crippen LogP contribution in [0, 0.1) is 5.92 Å². The number of nitrogens with zero attached hydrogens (tertiary/aromatic N) is 3. The average Bonchev–Trinajstić information content (AvgIpc) is 3.98. The molecule has 71 heavy (non-hydrogen) atoms. The molecule has 15 heteroatoms. The molecule has 2 aromatic heterocycles. The minimum Gasteiger partial charge on any atom is -0.497 e. The predicted octanol–water partition coefficient (Wildman–Crippen LogP) is 8.39. The Bertz CT molecular complexity index is 3010. The smallest absolute Gasteiger partial charge is 0.280 e. The van der Waals surface area contributed by atoms with Gasteiger partial charge >= 0.3 is 0 Å². The molecule has 0 bridgehead atoms. The van der Waals surface area contributed by atoms with E-state index >= 15 is 0 Å². The molecule has 15 nitrogen and oxygen atoms in total. The molecule has 8 aromatic rings. The summed E-state index contributed by atoms with van der Waals surface area (Å²) in [4.78, 5) is 38.4. The summed E-state index contributed by atoms with van der Waals surface area (Å²) < 4.78 is 46.0. The molecule has 6 aromatic carbocycles. The second-order valence-corrected chi connectivity index (χ2v) is 17.3. The van der Waals surface area contributed by atoms with Gasteiger partial charge in [0.2, 0.25) is 11.9 Å². The van der Waals surface area contributed by atoms with E-state index in [-0.39, 0.29) is 29.6 Å². The lowest BCUT2D eigenvalue weighted by Gasteiger charge is -2.40. The fourth-order valence-corrected chi connectivity index (χ4v) is 9.15. The standard InChI is InChI=1S/C56H55N5O10/c1-35(2)51(63)59-54-58-50-47(52(64)60-54)57-34-61(50)53-49(71-56(37-15-11-8-12-16-37,40-21-29-44(67-5)30-22-40)41-23-31-45(68-6)32-24-41)48(62)46(70-53)33-69-55(36-13-9-7-10-14-36,38-17-25-42(65-3)26-18-38)39-19-27-43(66-4)28-20-39/h7-32,34-35,46,48-49,53,62H,33H2,1-6H3,(H2,58,59,60,63,64)/t46-,48-,49-,53-/m1/s1. The van der Waals surface area contributed by atoms with Crippen molar-refractivity contribution in [1.29, 1.82) is 0 Å². The first-order valence-corrected chi connectivity index (χ1v) is 23.1. The summed E-state index contributed by atoms with van der Waals surface area (Å²) in [6.45, 7) is 3.27. The fourth-order valence-electron chi connectivity index (χ4n) is 9.15. The molecule has 1 aliphatic rings. The molecule has 3 heterocycles. The molecule has 364 valence electrons. The highest BCUT2D eigenvalue weighted by Gasteiger charge is 2.53. The number of nitrogens with one attached hydrogen (secondary N) is 2. The molecule has 1 aliphatic heterocycles. The molecule has 0 radical (unpaired) electrons. The number of anilines is 1. The lowest BCUT2D eigenvalue weighted by molar-refractivity contribution is -0.123. The Morgan fingerprint density at radius 3 is 1.52 bits per heavy atom. The minimum absolute atomic E-state index is 0.0224. The number of carbonyl (C=O) groups excluding carboxylic acids is 1. The summed E-state index contributed by atoms with van der Waals surface area (Å²) in [5.74, 6) is 1.72. The van der Waals surface area contributed by atoms with Gasteiger partial charge in [-0.2, -0.15) is 4.98 Å². The molecule has 0 spiro atoms. The number of H-pyrrole nitrogens is 1. The molecule has 0 aliphatic carbocycles. The molecular weight excluding hydrogens is 903 g/mol. The topological polar surface area (TPSA) is 178 Å². The van der Waals surface area contributed by atoms with Crippen LogP contribution in [0.1, 0.15) is 53.5 Å². The zero-order chi connectivity index (χ0) is 49.7. The number of fused-ring (bicyclic) bond motifs is 1. The molecule has 3 N–H and O–H groups in total. The number of ether oxygens (including phenoxy) is 7. The maximum absolute atomic E-state index is 13.7. The van der Waals surface area contributed by atoms with E-state index in [2.05, 4.69) is 15.3 Å². The van der Waals surface area contributed by atoms with Gasteiger partial charge in [0.15, 0.2) is 17.4 Å². The van der Waals surface area contributed by atoms with Gasteiger partial charge in [0.25, 0.3) is 5.56 Å². The number of aromatic amines is 1. The van der Waals surface area contributed by atoms with Crippen LogP contribution in [0.25, 0.3) is 11.2 Å². The Hall–Kier alpha value is -7.82. The zero-order valence-corrected chi connectivity index (χ0v) is 40.1. The summed E-state index contributed by atoms with van der Waals surface area (Å²) in [5.41, 5.74) is 1.21. The van der Waals surface area contributed by atoms with Crippen LogP contribution in [0.4, 0.5) is 5.95 Å². The van der Waals surface area contributed by atoms with Gasteiger partial charge in [-0.05, 0) is 81.9 Å². The highest BCUT2D eigenvalue weighted by molar-refractivity contribution is 5.91. The lowest BCUT2D eigenvalue weighted by Crippen LogP contribution is -2.45. The number of carbonyl (C=O) groups is 1. The largest absolute Gasteiger partial charge is 0.497 e. The Kier molecular flexibility index (Phi) is 14.0. The van der Waals surface area contributed by atoms with Crippen molar-refractivity contribution in [3.05, 3.63) is 208 Å². The summed E-state index contributed by atoms with van der Waals surface area (Å²) >= 11 is 0. The van der Waals surface area contributed by atoms with Gasteiger partial charge in [-0.15, -0.1) is 0 Å². The van der Waals surface area contributed by atoms with E-state index in [0.29, 0.717) is 34.1 Å². The van der Waals surface area contributed by atoms with Crippen molar-refractivity contribution in [3.8, 4) is 23.0 Å². The molecule has 0 unspecified atom stereocenters. The molecule has 9 rings (SSSR count). The molecule has 4 atom stereocenters. The number of methoxy groups -OCH3 is 4. The Balaban J connectivity index is 1.23. The average molecular weight is 958 g/mol. The van der Waals surface area contributed by atoms with Crippen LogP contribution >= 0.6 is 0 Å². The SMILES string of the molecule is COc1ccc(C(OC[C@H]2O[C@@H](n3cnc4c(=O)[nH]c(NC(=O)C(C)C)nc43)[C@H](OC(c3ccccc3)(c3ccc(OC)cc3)c3ccc(OC)cc3)[C@@H]2O)(c2ccccc2)c2ccc(OC)cc2)cc1. The summed E-state index contributed by atoms with van der Waals surface area (Å²) in [7, 11) is 6.42. The van der Waals surface area contributed by atoms with Crippen LogP contribution in [0.3, 0.4) is 0 Å². The first-order chi connectivity index (χ1) is 34.5. The summed E-state index contributed by atoms with van der Waals surface area (Å²) in [6, 6.07) is 49.9. The van der Waals surface area contributed by atoms with Crippen molar-refractivity contribution in [3.63, 3.8) is 0 Å². The van der Waals surface area contributed by atoms with Crippen LogP contribution in [-0.2, 0) is 30.2 Å². The summed E-state index contributed by atoms with van der Waals surface area (Å²) in [6.07, 6.45) is -3.54. The fraction of sp³-hybridized carbons (Fsp3) is 0.250. The second kappa shape index (κ2) is 20.6. The second-order valence-electron chi connectivity index (χ2n) is 17.3. The lowest BCUT2D eigenvalue weighted by atomic mass is 9.79. The van der Waals surface area contributed by atoms with Gasteiger partial charge in [-0.1, -0.05) is 123 Å². The van der Waals surface area contributed by atoms with Crippen LogP contribution < -0.4 is 29.8 Å². The maximum atomic E-state index is 13.7. The van der Waals surface area contributed by atoms with Crippen molar-refractivity contribution in [1.82, 2.24) is 19.5 Å². The third-order valence-corrected chi connectivity index (χ3v) is 12.9. The number of rotatable bonds is 18. The van der Waals surface area contributed by atoms with E-state index in [0.717, 1.165) is 22.3 Å². The molecule has 1 saturated heterocycles. The van der Waals surface area contributed by atoms with E-state index in [1.807, 2.05) is 158 Å². The third-order valence-electron chi connectivity index (χ3n) is 12.9. The van der Waals surface area contributed by atoms with Gasteiger partial charge in [0, 0.05) is 5.92 Å². The van der Waals surface area contributed by atoms with Crippen molar-refractivity contribution in [2.75, 3.05) is 40.4 Å². The highest BCUT2D eigenvalue weighted by atomic mass is 16.6. The number of imidazole rings is 1. The van der Waals surface area contributed by atoms with Crippen LogP contribution in [0.2, 0.25) is 0 Å². The Morgan fingerprint density at radius 1 is 0.662 bits per heavy atom. The normalized spacial score (nSPS) is 17.0. The minimum atomic E-state index is -1.44. The Labute approximate surface area is 410 Å². The van der Waals surface area contributed by atoms with E-state index < -0.39 is 47.2 Å². The highest BCUT2D eigenvalue weighted by Crippen LogP contribution is 2.48. The van der Waals surface area contributed by atoms with Gasteiger partial charge < -0.3 is 38.3 Å². The number of amides is 1. The Morgan fingerprint density at radius 2 is 1.08 bits per heavy atom. The van der Waals surface area contributed by atoms with Crippen LogP contribution in [0.5, 0.6) is 23.0 Å². The quantitative estimate of drug-likeness (QED) is 0.0702. The number of aromatic nitrogens is 4. The number of hydrogen-bond acceptors (Lipinski definition) is 12. The van der Waals surface area contributed by atoms with Crippen molar-refractivity contribution < 1.29 is 43.1 Å². The third kappa shape index (κ3) is 9.23. The van der Waals surface area contributed by atoms with E-state index in [1.165, 1.54) is 6.33 Å². The number of aliphatic hydroxyl groups is 1. The molecule has 0 saturated carbocycles. The molecule has 1 amide bonds. The van der Waals surface area contributed by atoms with Crippen LogP contribution in [0.15, 0.2) is 169 Å². The number of benzene rings is 6. The van der Waals surface area contributed by atoms with E-state index in [1.54, 1.807) is 46.9 Å². The zero-order valence-electron chi connectivity index (χ0n) is 40.1. The van der Waals surface area contributed by atoms with E-state index in [9.17, 15) is 14.7 Å². The van der Waals surface area contributed by atoms with Crippen LogP contribution in [-0.4, -0.2) is 83.9 Å². The number of hydrogen-bond donors (Lipinski definition) is 3. The molecule has 1 fully saturated rings. The predicted molar refractivity (Wildman–Crippen MR) is 267 cm³/mol. The van der Waals surface area contributed by atoms with Crippen molar-refractivity contribution in [2.45, 2.75) is 49.6 Å². The number of aliphatic hydroxyl groups excluding tert-OH is 1. The molecular formula is C56H55N5O10. The monoisotopic (exact) mass is 957 g/mol. The van der Waals surface area contributed by atoms with E-state index in [4.69, 9.17) is 38.1 Å². The van der Waals surface area contributed by atoms with Gasteiger partial charge in [0.1, 0.15) is 52.5 Å². The van der Waals surface area contributed by atoms with Gasteiger partial charge in [0.05, 0.1) is 41.4 Å². The summed E-state index contributed by atoms with van der Waals surface area (Å²) in [5, 5.41) is 15.8.